The first kappa shape index (κ1) is 23.0. The van der Waals surface area contributed by atoms with Gasteiger partial charge in [-0.15, -0.1) is 5.10 Å². The zero-order valence-electron chi connectivity index (χ0n) is 16.5. The number of rotatable bonds is 6. The number of nitrogens with zero attached hydrogens (tertiary/aromatic N) is 3. The highest BCUT2D eigenvalue weighted by atomic mass is 19.3. The Morgan fingerprint density at radius 1 is 1.25 bits per heavy atom. The third-order valence-corrected chi connectivity index (χ3v) is 5.52. The number of hydrogen-bond acceptors (Lipinski definition) is 7. The number of benzene rings is 1. The van der Waals surface area contributed by atoms with Crippen molar-refractivity contribution >= 4 is 0 Å². The van der Waals surface area contributed by atoms with E-state index in [0.29, 0.717) is 6.42 Å². The number of halogens is 5. The van der Waals surface area contributed by atoms with E-state index in [9.17, 15) is 32.2 Å². The summed E-state index contributed by atoms with van der Waals surface area (Å²) in [6.45, 7) is -1.35. The first-order valence-corrected chi connectivity index (χ1v) is 9.83. The van der Waals surface area contributed by atoms with Crippen molar-refractivity contribution in [3.63, 3.8) is 0 Å². The van der Waals surface area contributed by atoms with Crippen LogP contribution in [0.2, 0.25) is 0 Å². The van der Waals surface area contributed by atoms with Gasteiger partial charge in [-0.2, -0.15) is 0 Å². The Kier molecular flexibility index (Phi) is 6.45. The maximum Gasteiger partial charge on any atom is 0.261 e. The Balaban J connectivity index is 1.73. The Labute approximate surface area is 178 Å². The maximum atomic E-state index is 13.6. The fourth-order valence-corrected chi connectivity index (χ4v) is 4.11. The highest BCUT2D eigenvalue weighted by Crippen LogP contribution is 2.44. The molecular formula is C19H20F5N3O5. The van der Waals surface area contributed by atoms with Crippen LogP contribution in [0.15, 0.2) is 18.3 Å². The van der Waals surface area contributed by atoms with Crippen LogP contribution < -0.4 is 0 Å². The minimum atomic E-state index is -2.82. The lowest BCUT2D eigenvalue weighted by Gasteiger charge is -2.49. The van der Waals surface area contributed by atoms with Gasteiger partial charge in [-0.25, -0.2) is 26.6 Å². The molecule has 13 heteroatoms. The van der Waals surface area contributed by atoms with Crippen molar-refractivity contribution in [3.8, 4) is 11.3 Å². The summed E-state index contributed by atoms with van der Waals surface area (Å²) >= 11 is 0. The molecule has 0 unspecified atom stereocenters. The maximum absolute atomic E-state index is 13.6. The molecule has 176 valence electrons. The van der Waals surface area contributed by atoms with E-state index in [-0.39, 0.29) is 24.3 Å². The molecule has 0 aliphatic carbocycles. The Hall–Kier alpha value is -2.19. The normalized spacial score (nSPS) is 30.5. The van der Waals surface area contributed by atoms with Crippen LogP contribution in [-0.2, 0) is 14.2 Å². The molecule has 2 aromatic rings. The van der Waals surface area contributed by atoms with E-state index < -0.39 is 67.2 Å². The molecule has 2 N–H and O–H groups in total. The second-order valence-electron chi connectivity index (χ2n) is 7.57. The van der Waals surface area contributed by atoms with E-state index in [1.807, 2.05) is 0 Å². The zero-order chi connectivity index (χ0) is 23.0. The van der Waals surface area contributed by atoms with E-state index in [1.165, 1.54) is 6.20 Å². The first-order chi connectivity index (χ1) is 15.3. The molecule has 4 rings (SSSR count). The van der Waals surface area contributed by atoms with Gasteiger partial charge in [0, 0.05) is 12.0 Å². The molecule has 2 aliphatic heterocycles. The van der Waals surface area contributed by atoms with E-state index >= 15 is 0 Å². The smallest absolute Gasteiger partial charge is 0.261 e. The summed E-state index contributed by atoms with van der Waals surface area (Å²) in [5.74, 6) is -6.03. The van der Waals surface area contributed by atoms with Crippen molar-refractivity contribution in [2.75, 3.05) is 19.8 Å². The Morgan fingerprint density at radius 2 is 1.97 bits per heavy atom. The van der Waals surface area contributed by atoms with Crippen molar-refractivity contribution in [3.05, 3.63) is 35.8 Å². The molecule has 0 amide bonds. The first-order valence-electron chi connectivity index (χ1n) is 9.83. The topological polar surface area (TPSA) is 98.9 Å². The van der Waals surface area contributed by atoms with Crippen molar-refractivity contribution in [2.45, 2.75) is 49.4 Å². The molecule has 32 heavy (non-hydrogen) atoms. The number of aromatic nitrogens is 3. The third kappa shape index (κ3) is 4.10. The predicted molar refractivity (Wildman–Crippen MR) is 96.0 cm³/mol. The molecule has 1 aromatic carbocycles. The van der Waals surface area contributed by atoms with Crippen molar-refractivity contribution in [1.82, 2.24) is 15.0 Å². The molecule has 0 bridgehead atoms. The number of ether oxygens (including phenoxy) is 3. The van der Waals surface area contributed by atoms with Crippen LogP contribution in [0.4, 0.5) is 22.0 Å². The standard InChI is InChI=1S/C19H20F5N3O5/c20-10-4-9(5-11(21)15(10)24)12-6-27(26-25-12)16-17(29)13(7-28)32-19(2-1-3-31-19)18(16)30-8-14(22)23/h4-6,13-14,16-18,28-29H,1-3,7-8H2/t13-,16+,17+,18-,19+/m1/s1. The molecule has 3 heterocycles. The van der Waals surface area contributed by atoms with Crippen LogP contribution in [0.5, 0.6) is 0 Å². The molecule has 1 aromatic heterocycles. The predicted octanol–water partition coefficient (Wildman–Crippen LogP) is 1.81. The van der Waals surface area contributed by atoms with Gasteiger partial charge in [-0.3, -0.25) is 0 Å². The highest BCUT2D eigenvalue weighted by Gasteiger charge is 2.58. The van der Waals surface area contributed by atoms with Crippen molar-refractivity contribution in [2.24, 2.45) is 0 Å². The van der Waals surface area contributed by atoms with Gasteiger partial charge in [0.05, 0.1) is 19.4 Å². The third-order valence-electron chi connectivity index (χ3n) is 5.52. The summed E-state index contributed by atoms with van der Waals surface area (Å²) in [6, 6.07) is 0.237. The van der Waals surface area contributed by atoms with Gasteiger partial charge in [0.25, 0.3) is 6.43 Å². The van der Waals surface area contributed by atoms with Gasteiger partial charge in [-0.1, -0.05) is 5.21 Å². The number of aliphatic hydroxyl groups excluding tert-OH is 2. The largest absolute Gasteiger partial charge is 0.394 e. The molecular weight excluding hydrogens is 445 g/mol. The van der Waals surface area contributed by atoms with E-state index in [2.05, 4.69) is 10.3 Å². The Morgan fingerprint density at radius 3 is 2.56 bits per heavy atom. The van der Waals surface area contributed by atoms with Gasteiger partial charge in [0.1, 0.15) is 36.7 Å². The number of hydrogen-bond donors (Lipinski definition) is 2. The summed E-state index contributed by atoms with van der Waals surface area (Å²) in [5, 5.41) is 28.1. The summed E-state index contributed by atoms with van der Waals surface area (Å²) in [6.07, 6.45) is -4.76. The lowest BCUT2D eigenvalue weighted by molar-refractivity contribution is -0.348. The molecule has 0 saturated carbocycles. The van der Waals surface area contributed by atoms with Crippen LogP contribution in [0, 0.1) is 17.5 Å². The summed E-state index contributed by atoms with van der Waals surface area (Å²) in [7, 11) is 0. The zero-order valence-corrected chi connectivity index (χ0v) is 16.5. The molecule has 8 nitrogen and oxygen atoms in total. The van der Waals surface area contributed by atoms with Crippen molar-refractivity contribution in [1.29, 1.82) is 0 Å². The molecule has 0 radical (unpaired) electrons. The molecule has 2 saturated heterocycles. The second-order valence-corrected chi connectivity index (χ2v) is 7.57. The van der Waals surface area contributed by atoms with Crippen LogP contribution in [-0.4, -0.2) is 75.6 Å². The SMILES string of the molecule is OC[C@H]1O[C@@]2(CCCO2)[C@H](OCC(F)F)[C@@H](n2cc(-c3cc(F)c(F)c(F)c3)nn2)[C@H]1O. The van der Waals surface area contributed by atoms with Crippen LogP contribution in [0.3, 0.4) is 0 Å². The van der Waals surface area contributed by atoms with E-state index in [1.54, 1.807) is 0 Å². The van der Waals surface area contributed by atoms with E-state index in [0.717, 1.165) is 16.8 Å². The van der Waals surface area contributed by atoms with Gasteiger partial charge in [0.2, 0.25) is 0 Å². The molecule has 2 aliphatic rings. The van der Waals surface area contributed by atoms with Crippen molar-refractivity contribution < 1.29 is 46.4 Å². The minimum Gasteiger partial charge on any atom is -0.394 e. The second kappa shape index (κ2) is 8.98. The van der Waals surface area contributed by atoms with Crippen LogP contribution in [0.1, 0.15) is 18.9 Å². The highest BCUT2D eigenvalue weighted by molar-refractivity contribution is 5.57. The van der Waals surface area contributed by atoms with Gasteiger partial charge in [0.15, 0.2) is 23.2 Å². The summed E-state index contributed by atoms with van der Waals surface area (Å²) in [4.78, 5) is 0. The van der Waals surface area contributed by atoms with Crippen LogP contribution >= 0.6 is 0 Å². The average Bonchev–Trinajstić information content (AvgIpc) is 3.42. The lowest BCUT2D eigenvalue weighted by Crippen LogP contribution is -2.63. The number of aliphatic hydroxyl groups is 2. The van der Waals surface area contributed by atoms with Gasteiger partial charge < -0.3 is 24.4 Å². The van der Waals surface area contributed by atoms with Gasteiger partial charge >= 0.3 is 0 Å². The molecule has 1 spiro atoms. The molecule has 2 fully saturated rings. The van der Waals surface area contributed by atoms with Gasteiger partial charge in [-0.05, 0) is 18.6 Å². The summed E-state index contributed by atoms with van der Waals surface area (Å²) in [5.41, 5.74) is -0.208. The minimum absolute atomic E-state index is 0.0731. The number of alkyl halides is 2. The molecule has 5 atom stereocenters. The fraction of sp³-hybridized carbons (Fsp3) is 0.579. The summed E-state index contributed by atoms with van der Waals surface area (Å²) < 4.78 is 84.2. The average molecular weight is 465 g/mol. The monoisotopic (exact) mass is 465 g/mol. The fourth-order valence-electron chi connectivity index (χ4n) is 4.11. The van der Waals surface area contributed by atoms with Crippen LogP contribution in [0.25, 0.3) is 11.3 Å². The van der Waals surface area contributed by atoms with E-state index in [4.69, 9.17) is 14.2 Å². The lowest BCUT2D eigenvalue weighted by atomic mass is 9.88. The quantitative estimate of drug-likeness (QED) is 0.496. The Bertz CT molecular complexity index is 932.